The van der Waals surface area contributed by atoms with E-state index in [0.717, 1.165) is 23.3 Å². The van der Waals surface area contributed by atoms with E-state index < -0.39 is 11.7 Å². The number of likely N-dealkylation sites (tertiary alicyclic amines) is 1. The number of nitrogens with zero attached hydrogens (tertiary/aromatic N) is 4. The lowest BCUT2D eigenvalue weighted by Crippen LogP contribution is -2.58. The van der Waals surface area contributed by atoms with E-state index in [9.17, 15) is 18.0 Å². The monoisotopic (exact) mass is 680 g/mol. The molecule has 2 heterocycles. The van der Waals surface area contributed by atoms with E-state index in [1.165, 1.54) is 6.07 Å². The van der Waals surface area contributed by atoms with Gasteiger partial charge in [-0.25, -0.2) is 14.8 Å². The minimum Gasteiger partial charge on any atom is -0.486 e. The van der Waals surface area contributed by atoms with Crippen molar-refractivity contribution in [3.05, 3.63) is 119 Å². The summed E-state index contributed by atoms with van der Waals surface area (Å²) < 4.78 is 53.0. The number of piperidine rings is 1. The highest BCUT2D eigenvalue weighted by Crippen LogP contribution is 2.36. The number of aromatic nitrogens is 2. The molecule has 5 rings (SSSR count). The highest BCUT2D eigenvalue weighted by molar-refractivity contribution is 6.30. The van der Waals surface area contributed by atoms with Crippen LogP contribution in [0.1, 0.15) is 62.3 Å². The summed E-state index contributed by atoms with van der Waals surface area (Å²) >= 11 is 6.21. The molecule has 48 heavy (non-hydrogen) atoms. The van der Waals surface area contributed by atoms with Gasteiger partial charge in [0.1, 0.15) is 6.61 Å². The lowest BCUT2D eigenvalue weighted by molar-refractivity contribution is -0.137. The molecule has 4 aromatic rings. The van der Waals surface area contributed by atoms with Crippen molar-refractivity contribution < 1.29 is 27.4 Å². The molecule has 1 fully saturated rings. The van der Waals surface area contributed by atoms with Gasteiger partial charge in [-0.15, -0.1) is 0 Å². The Morgan fingerprint density at radius 3 is 2.17 bits per heavy atom. The van der Waals surface area contributed by atoms with Crippen molar-refractivity contribution >= 4 is 23.6 Å². The zero-order valence-corrected chi connectivity index (χ0v) is 28.0. The van der Waals surface area contributed by atoms with Gasteiger partial charge in [-0.3, -0.25) is 0 Å². The number of halogens is 4. The van der Waals surface area contributed by atoms with Gasteiger partial charge >= 0.3 is 12.3 Å². The predicted octanol–water partition coefficient (Wildman–Crippen LogP) is 9.13. The number of alkyl halides is 3. The Bertz CT molecular complexity index is 1620. The highest BCUT2D eigenvalue weighted by Gasteiger charge is 2.41. The standard InChI is InChI=1S/C37H40ClF3N4O3/c1-4-31-19-32(20-33(17-26-11-7-5-8-12-26)45(31)36(46)48-25(2)3)44(23-28-15-29(37(39,40)41)18-30(38)16-28)35-42-21-34(22-43-35)47-24-27-13-9-6-10-14-27/h5-16,18,21-22,25,31-33H,4,17,19-20,23-24H2,1-3H3. The van der Waals surface area contributed by atoms with Crippen LogP contribution in [-0.2, 0) is 30.5 Å². The number of carbonyl (C=O) groups is 1. The van der Waals surface area contributed by atoms with Gasteiger partial charge in [-0.1, -0.05) is 79.2 Å². The van der Waals surface area contributed by atoms with Crippen LogP contribution in [0.2, 0.25) is 5.02 Å². The van der Waals surface area contributed by atoms with Gasteiger partial charge in [-0.2, -0.15) is 13.2 Å². The van der Waals surface area contributed by atoms with Crippen LogP contribution in [0.5, 0.6) is 5.75 Å². The molecule has 11 heteroatoms. The molecule has 7 nitrogen and oxygen atoms in total. The number of ether oxygens (including phenoxy) is 2. The van der Waals surface area contributed by atoms with Gasteiger partial charge in [-0.05, 0) is 74.4 Å². The number of amides is 1. The van der Waals surface area contributed by atoms with E-state index in [4.69, 9.17) is 21.1 Å². The molecule has 254 valence electrons. The summed E-state index contributed by atoms with van der Waals surface area (Å²) in [7, 11) is 0. The molecule has 0 saturated carbocycles. The van der Waals surface area contributed by atoms with Crippen LogP contribution < -0.4 is 9.64 Å². The Morgan fingerprint density at radius 1 is 0.938 bits per heavy atom. The summed E-state index contributed by atoms with van der Waals surface area (Å²) in [6.07, 6.45) is 0.221. The number of carbonyl (C=O) groups excluding carboxylic acids is 1. The van der Waals surface area contributed by atoms with Crippen LogP contribution in [0, 0.1) is 0 Å². The van der Waals surface area contributed by atoms with E-state index in [-0.39, 0.29) is 41.9 Å². The first-order valence-electron chi connectivity index (χ1n) is 16.1. The van der Waals surface area contributed by atoms with Crippen molar-refractivity contribution in [1.29, 1.82) is 0 Å². The van der Waals surface area contributed by atoms with Crippen molar-refractivity contribution in [2.24, 2.45) is 0 Å². The zero-order chi connectivity index (χ0) is 34.3. The average molecular weight is 681 g/mol. The summed E-state index contributed by atoms with van der Waals surface area (Å²) in [5.41, 5.74) is 1.60. The summed E-state index contributed by atoms with van der Waals surface area (Å²) in [6.45, 7) is 6.08. The second-order valence-corrected chi connectivity index (χ2v) is 12.8. The molecule has 0 bridgehead atoms. The maximum atomic E-state index is 13.8. The fourth-order valence-electron chi connectivity index (χ4n) is 6.23. The molecule has 0 radical (unpaired) electrons. The molecule has 0 N–H and O–H groups in total. The van der Waals surface area contributed by atoms with Crippen LogP contribution in [0.25, 0.3) is 0 Å². The van der Waals surface area contributed by atoms with Crippen LogP contribution in [0.15, 0.2) is 91.3 Å². The van der Waals surface area contributed by atoms with Crippen LogP contribution in [-0.4, -0.2) is 45.2 Å². The fraction of sp³-hybridized carbons (Fsp3) is 0.378. The SMILES string of the molecule is CCC1CC(N(Cc2cc(Cl)cc(C(F)(F)F)c2)c2ncc(OCc3ccccc3)cn2)CC(Cc2ccccc2)N1C(=O)OC(C)C. The average Bonchev–Trinajstić information content (AvgIpc) is 3.06. The van der Waals surface area contributed by atoms with Crippen molar-refractivity contribution in [2.75, 3.05) is 4.90 Å². The molecule has 3 unspecified atom stereocenters. The Balaban J connectivity index is 1.49. The summed E-state index contributed by atoms with van der Waals surface area (Å²) in [6, 6.07) is 22.5. The smallest absolute Gasteiger partial charge is 0.416 e. The third-order valence-corrected chi connectivity index (χ3v) is 8.62. The summed E-state index contributed by atoms with van der Waals surface area (Å²) in [5.74, 6) is 0.802. The van der Waals surface area contributed by atoms with Crippen molar-refractivity contribution in [1.82, 2.24) is 14.9 Å². The topological polar surface area (TPSA) is 67.8 Å². The third-order valence-electron chi connectivity index (χ3n) is 8.41. The molecular weight excluding hydrogens is 641 g/mol. The molecule has 3 atom stereocenters. The molecule has 1 aliphatic heterocycles. The van der Waals surface area contributed by atoms with E-state index in [2.05, 4.69) is 9.97 Å². The predicted molar refractivity (Wildman–Crippen MR) is 180 cm³/mol. The van der Waals surface area contributed by atoms with Gasteiger partial charge in [0.15, 0.2) is 5.75 Å². The van der Waals surface area contributed by atoms with Gasteiger partial charge in [0.05, 0.1) is 24.1 Å². The lowest BCUT2D eigenvalue weighted by Gasteiger charge is -2.47. The number of benzene rings is 3. The van der Waals surface area contributed by atoms with Crippen molar-refractivity contribution in [3.63, 3.8) is 0 Å². The second kappa shape index (κ2) is 15.7. The normalized spacial score (nSPS) is 18.1. The fourth-order valence-corrected chi connectivity index (χ4v) is 6.49. The first-order valence-corrected chi connectivity index (χ1v) is 16.5. The molecule has 0 aliphatic carbocycles. The first-order chi connectivity index (χ1) is 23.0. The van der Waals surface area contributed by atoms with E-state index in [1.54, 1.807) is 12.4 Å². The van der Waals surface area contributed by atoms with Gasteiger partial charge in [0.2, 0.25) is 5.95 Å². The number of rotatable bonds is 11. The van der Waals surface area contributed by atoms with Gasteiger partial charge < -0.3 is 19.3 Å². The Hall–Kier alpha value is -4.31. The third kappa shape index (κ3) is 9.18. The number of anilines is 1. The molecule has 1 aromatic heterocycles. The maximum Gasteiger partial charge on any atom is 0.416 e. The maximum absolute atomic E-state index is 13.8. The van der Waals surface area contributed by atoms with Gasteiger partial charge in [0, 0.05) is 29.7 Å². The molecule has 1 saturated heterocycles. The van der Waals surface area contributed by atoms with E-state index >= 15 is 0 Å². The summed E-state index contributed by atoms with van der Waals surface area (Å²) in [5, 5.41) is -0.00927. The minimum atomic E-state index is -4.56. The molecule has 1 aliphatic rings. The van der Waals surface area contributed by atoms with E-state index in [1.807, 2.05) is 91.2 Å². The van der Waals surface area contributed by atoms with Gasteiger partial charge in [0.25, 0.3) is 0 Å². The lowest BCUT2D eigenvalue weighted by atomic mass is 9.86. The van der Waals surface area contributed by atoms with Crippen molar-refractivity contribution in [2.45, 2.75) is 90.0 Å². The number of hydrogen-bond donors (Lipinski definition) is 0. The Morgan fingerprint density at radius 2 is 1.56 bits per heavy atom. The largest absolute Gasteiger partial charge is 0.486 e. The number of hydrogen-bond acceptors (Lipinski definition) is 6. The Labute approximate surface area is 284 Å². The molecular formula is C37H40ClF3N4O3. The quantitative estimate of drug-likeness (QED) is 0.157. The molecule has 3 aromatic carbocycles. The second-order valence-electron chi connectivity index (χ2n) is 12.3. The minimum absolute atomic E-state index is 0.00927. The van der Waals surface area contributed by atoms with Crippen LogP contribution >= 0.6 is 11.6 Å². The Kier molecular flexibility index (Phi) is 11.5. The van der Waals surface area contributed by atoms with Crippen LogP contribution in [0.3, 0.4) is 0 Å². The first kappa shape index (κ1) is 35.0. The van der Waals surface area contributed by atoms with Crippen molar-refractivity contribution in [3.8, 4) is 5.75 Å². The highest BCUT2D eigenvalue weighted by atomic mass is 35.5. The molecule has 0 spiro atoms. The molecule has 1 amide bonds. The summed E-state index contributed by atoms with van der Waals surface area (Å²) in [4.78, 5) is 26.6. The van der Waals surface area contributed by atoms with E-state index in [0.29, 0.717) is 49.6 Å². The van der Waals surface area contributed by atoms with Crippen LogP contribution in [0.4, 0.5) is 23.9 Å². The zero-order valence-electron chi connectivity index (χ0n) is 27.2.